The van der Waals surface area contributed by atoms with Gasteiger partial charge < -0.3 is 15.0 Å². The van der Waals surface area contributed by atoms with Gasteiger partial charge in [0.25, 0.3) is 0 Å². The largest absolute Gasteiger partial charge is 0.444 e. The molecule has 6 nitrogen and oxygen atoms in total. The highest BCUT2D eigenvalue weighted by atomic mass is 35.5. The Labute approximate surface area is 129 Å². The number of rotatable bonds is 2. The van der Waals surface area contributed by atoms with Gasteiger partial charge >= 0.3 is 6.09 Å². The Morgan fingerprint density at radius 2 is 2.19 bits per heavy atom. The molecule has 0 spiro atoms. The molecule has 116 valence electrons. The summed E-state index contributed by atoms with van der Waals surface area (Å²) in [7, 11) is 0. The molecular weight excluding hydrogens is 292 g/mol. The fourth-order valence-corrected chi connectivity index (χ4v) is 2.42. The molecule has 1 fully saturated rings. The van der Waals surface area contributed by atoms with Crippen molar-refractivity contribution in [2.75, 3.05) is 18.0 Å². The van der Waals surface area contributed by atoms with Crippen LogP contribution >= 0.6 is 11.6 Å². The highest BCUT2D eigenvalue weighted by Crippen LogP contribution is 2.19. The maximum atomic E-state index is 11.8. The number of anilines is 1. The Morgan fingerprint density at radius 1 is 1.48 bits per heavy atom. The van der Waals surface area contributed by atoms with Crippen molar-refractivity contribution in [3.63, 3.8) is 0 Å². The van der Waals surface area contributed by atoms with Gasteiger partial charge in [-0.2, -0.15) is 0 Å². The van der Waals surface area contributed by atoms with E-state index in [1.165, 1.54) is 0 Å². The van der Waals surface area contributed by atoms with E-state index in [0.717, 1.165) is 18.7 Å². The van der Waals surface area contributed by atoms with E-state index in [4.69, 9.17) is 16.3 Å². The Morgan fingerprint density at radius 3 is 2.81 bits per heavy atom. The van der Waals surface area contributed by atoms with Crippen LogP contribution in [0, 0.1) is 6.92 Å². The number of carbonyl (C=O) groups is 1. The maximum Gasteiger partial charge on any atom is 0.407 e. The van der Waals surface area contributed by atoms with Crippen molar-refractivity contribution in [1.29, 1.82) is 0 Å². The summed E-state index contributed by atoms with van der Waals surface area (Å²) in [6.07, 6.45) is 0.436. The number of carbonyl (C=O) groups excluding carboxylic acids is 1. The highest BCUT2D eigenvalue weighted by molar-refractivity contribution is 6.29. The van der Waals surface area contributed by atoms with Gasteiger partial charge in [-0.05, 0) is 40.2 Å². The van der Waals surface area contributed by atoms with Crippen LogP contribution in [0.25, 0.3) is 0 Å². The fraction of sp³-hybridized carbons (Fsp3) is 0.643. The number of nitrogens with zero attached hydrogens (tertiary/aromatic N) is 3. The van der Waals surface area contributed by atoms with Crippen molar-refractivity contribution in [3.05, 3.63) is 16.9 Å². The normalized spacial score (nSPS) is 18.7. The zero-order chi connectivity index (χ0) is 15.6. The Kier molecular flexibility index (Phi) is 4.56. The smallest absolute Gasteiger partial charge is 0.407 e. The number of halogens is 1. The molecule has 0 bridgehead atoms. The molecule has 1 N–H and O–H groups in total. The summed E-state index contributed by atoms with van der Waals surface area (Å²) in [4.78, 5) is 22.4. The molecule has 1 saturated heterocycles. The summed E-state index contributed by atoms with van der Waals surface area (Å²) in [5.74, 6) is 0.605. The first-order valence-electron chi connectivity index (χ1n) is 6.98. The molecular formula is C14H21ClN4O2. The second kappa shape index (κ2) is 6.05. The van der Waals surface area contributed by atoms with E-state index in [-0.39, 0.29) is 6.04 Å². The predicted octanol–water partition coefficient (Wildman–Crippen LogP) is 2.54. The number of amides is 1. The average Bonchev–Trinajstić information content (AvgIpc) is 2.73. The number of aryl methyl sites for hydroxylation is 1. The van der Waals surface area contributed by atoms with E-state index in [1.807, 2.05) is 32.6 Å². The quantitative estimate of drug-likeness (QED) is 0.850. The summed E-state index contributed by atoms with van der Waals surface area (Å²) in [5, 5.41) is 3.30. The number of hydrogen-bond donors (Lipinski definition) is 1. The molecule has 2 rings (SSSR count). The third kappa shape index (κ3) is 4.74. The van der Waals surface area contributed by atoms with Crippen molar-refractivity contribution in [3.8, 4) is 0 Å². The summed E-state index contributed by atoms with van der Waals surface area (Å²) in [5.41, 5.74) is 0.337. The van der Waals surface area contributed by atoms with E-state index in [2.05, 4.69) is 15.3 Å². The third-order valence-corrected chi connectivity index (χ3v) is 3.20. The van der Waals surface area contributed by atoms with Crippen LogP contribution in [0.15, 0.2) is 6.07 Å². The van der Waals surface area contributed by atoms with Crippen LogP contribution in [0.4, 0.5) is 10.7 Å². The fourth-order valence-electron chi connectivity index (χ4n) is 2.19. The van der Waals surface area contributed by atoms with Gasteiger partial charge in [0.05, 0.1) is 6.04 Å². The molecule has 0 aromatic carbocycles. The summed E-state index contributed by atoms with van der Waals surface area (Å²) < 4.78 is 5.26. The first-order valence-corrected chi connectivity index (χ1v) is 7.36. The first-order chi connectivity index (χ1) is 9.73. The van der Waals surface area contributed by atoms with Gasteiger partial charge in [0, 0.05) is 18.8 Å². The topological polar surface area (TPSA) is 67.4 Å². The molecule has 0 radical (unpaired) electrons. The van der Waals surface area contributed by atoms with Gasteiger partial charge in [-0.3, -0.25) is 0 Å². The van der Waals surface area contributed by atoms with E-state index in [1.54, 1.807) is 6.07 Å². The van der Waals surface area contributed by atoms with Crippen molar-refractivity contribution >= 4 is 23.6 Å². The summed E-state index contributed by atoms with van der Waals surface area (Å²) >= 11 is 5.95. The molecule has 7 heteroatoms. The monoisotopic (exact) mass is 312 g/mol. The van der Waals surface area contributed by atoms with Crippen LogP contribution in [-0.2, 0) is 4.74 Å². The van der Waals surface area contributed by atoms with Gasteiger partial charge in [-0.25, -0.2) is 14.8 Å². The number of nitrogens with one attached hydrogen (secondary N) is 1. The first kappa shape index (κ1) is 15.8. The van der Waals surface area contributed by atoms with Gasteiger partial charge in [-0.1, -0.05) is 11.6 Å². The van der Waals surface area contributed by atoms with E-state index < -0.39 is 11.7 Å². The van der Waals surface area contributed by atoms with E-state index >= 15 is 0 Å². The number of ether oxygens (including phenoxy) is 1. The zero-order valence-electron chi connectivity index (χ0n) is 12.8. The van der Waals surface area contributed by atoms with Crippen LogP contribution in [0.5, 0.6) is 0 Å². The van der Waals surface area contributed by atoms with Crippen LogP contribution in [0.1, 0.15) is 32.9 Å². The number of alkyl carbamates (subject to hydrolysis) is 1. The van der Waals surface area contributed by atoms with Crippen molar-refractivity contribution in [1.82, 2.24) is 15.3 Å². The summed E-state index contributed by atoms with van der Waals surface area (Å²) in [6.45, 7) is 8.84. The van der Waals surface area contributed by atoms with E-state index in [9.17, 15) is 4.79 Å². The second-order valence-electron chi connectivity index (χ2n) is 6.21. The van der Waals surface area contributed by atoms with Crippen LogP contribution in [0.3, 0.4) is 0 Å². The molecule has 1 atom stereocenters. The Hall–Kier alpha value is -1.56. The summed E-state index contributed by atoms with van der Waals surface area (Å²) in [6, 6.07) is 1.75. The van der Waals surface area contributed by atoms with Gasteiger partial charge in [0.2, 0.25) is 5.95 Å². The molecule has 1 amide bonds. The lowest BCUT2D eigenvalue weighted by atomic mass is 10.2. The Bertz CT molecular complexity index is 510. The van der Waals surface area contributed by atoms with Gasteiger partial charge in [-0.15, -0.1) is 0 Å². The van der Waals surface area contributed by atoms with Crippen molar-refractivity contribution in [2.45, 2.75) is 45.8 Å². The molecule has 1 aromatic rings. The number of hydrogen-bond acceptors (Lipinski definition) is 5. The zero-order valence-corrected chi connectivity index (χ0v) is 13.6. The SMILES string of the molecule is Cc1cc(Cl)nc(N2CC[C@@H](NC(=O)OC(C)(C)C)C2)n1. The molecule has 0 saturated carbocycles. The average molecular weight is 313 g/mol. The van der Waals surface area contributed by atoms with Crippen LogP contribution in [-0.4, -0.2) is 40.8 Å². The third-order valence-electron chi connectivity index (χ3n) is 3.00. The van der Waals surface area contributed by atoms with E-state index in [0.29, 0.717) is 17.6 Å². The molecule has 1 aliphatic rings. The lowest BCUT2D eigenvalue weighted by Gasteiger charge is -2.22. The molecule has 1 aliphatic heterocycles. The Balaban J connectivity index is 1.93. The standard InChI is InChI=1S/C14H21ClN4O2/c1-9-7-11(15)18-12(16-9)19-6-5-10(8-19)17-13(20)21-14(2,3)4/h7,10H,5-6,8H2,1-4H3,(H,17,20)/t10-/m1/s1. The molecule has 0 aliphatic carbocycles. The minimum absolute atomic E-state index is 0.0303. The lowest BCUT2D eigenvalue weighted by Crippen LogP contribution is -2.40. The minimum atomic E-state index is -0.491. The van der Waals surface area contributed by atoms with Crippen LogP contribution in [0.2, 0.25) is 5.15 Å². The van der Waals surface area contributed by atoms with Gasteiger partial charge in [0.1, 0.15) is 10.8 Å². The molecule has 0 unspecified atom stereocenters. The lowest BCUT2D eigenvalue weighted by molar-refractivity contribution is 0.0509. The van der Waals surface area contributed by atoms with Crippen molar-refractivity contribution in [2.24, 2.45) is 0 Å². The highest BCUT2D eigenvalue weighted by Gasteiger charge is 2.27. The van der Waals surface area contributed by atoms with Crippen LogP contribution < -0.4 is 10.2 Å². The number of aromatic nitrogens is 2. The molecule has 21 heavy (non-hydrogen) atoms. The minimum Gasteiger partial charge on any atom is -0.444 e. The second-order valence-corrected chi connectivity index (χ2v) is 6.60. The maximum absolute atomic E-state index is 11.8. The van der Waals surface area contributed by atoms with Crippen molar-refractivity contribution < 1.29 is 9.53 Å². The predicted molar refractivity (Wildman–Crippen MR) is 81.8 cm³/mol. The molecule has 2 heterocycles. The molecule has 1 aromatic heterocycles. The van der Waals surface area contributed by atoms with Gasteiger partial charge in [0.15, 0.2) is 0 Å².